The van der Waals surface area contributed by atoms with Gasteiger partial charge in [0.1, 0.15) is 5.75 Å². The highest BCUT2D eigenvalue weighted by molar-refractivity contribution is 9.09. The van der Waals surface area contributed by atoms with E-state index in [9.17, 15) is 18.0 Å². The molecule has 0 amide bonds. The first-order valence-electron chi connectivity index (χ1n) is 7.00. The molecule has 0 heterocycles. The number of amidine groups is 1. The predicted molar refractivity (Wildman–Crippen MR) is 93.3 cm³/mol. The van der Waals surface area contributed by atoms with Crippen LogP contribution >= 0.6 is 15.9 Å². The van der Waals surface area contributed by atoms with Gasteiger partial charge in [-0.1, -0.05) is 34.1 Å². The molecular formula is C17H16BrF3N2O2. The quantitative estimate of drug-likeness (QED) is 0.302. The Morgan fingerprint density at radius 2 is 1.76 bits per heavy atom. The summed E-state index contributed by atoms with van der Waals surface area (Å²) in [5, 5.41) is 16.2. The number of rotatable bonds is 4. The molecule has 2 aromatic rings. The molecule has 0 atom stereocenters. The van der Waals surface area contributed by atoms with Crippen molar-refractivity contribution in [3.05, 3.63) is 65.2 Å². The van der Waals surface area contributed by atoms with Gasteiger partial charge in [0.05, 0.1) is 16.7 Å². The van der Waals surface area contributed by atoms with Crippen molar-refractivity contribution >= 4 is 27.5 Å². The van der Waals surface area contributed by atoms with Crippen LogP contribution in [-0.4, -0.2) is 22.1 Å². The molecule has 0 fully saturated rings. The van der Waals surface area contributed by atoms with Crippen LogP contribution in [0.15, 0.2) is 48.5 Å². The van der Waals surface area contributed by atoms with E-state index in [-0.39, 0.29) is 23.8 Å². The second-order valence-corrected chi connectivity index (χ2v) is 5.56. The van der Waals surface area contributed by atoms with Crippen LogP contribution in [0.3, 0.4) is 0 Å². The second-order valence-electron chi connectivity index (χ2n) is 5.00. The Morgan fingerprint density at radius 1 is 1.16 bits per heavy atom. The van der Waals surface area contributed by atoms with Gasteiger partial charge in [-0.3, -0.25) is 10.2 Å². The number of alkyl halides is 4. The fourth-order valence-electron chi connectivity index (χ4n) is 1.80. The highest BCUT2D eigenvalue weighted by Gasteiger charge is 2.30. The number of Topliss-reactive ketones (excluding diaryl/α,β-unsaturated/α-hetero) is 1. The van der Waals surface area contributed by atoms with Crippen molar-refractivity contribution in [3.63, 3.8) is 0 Å². The molecule has 2 aromatic carbocycles. The molecule has 8 heteroatoms. The third-order valence-electron chi connectivity index (χ3n) is 2.96. The van der Waals surface area contributed by atoms with E-state index in [1.807, 2.05) is 0 Å². The van der Waals surface area contributed by atoms with Crippen molar-refractivity contribution < 1.29 is 23.1 Å². The third-order valence-corrected chi connectivity index (χ3v) is 3.47. The minimum absolute atomic E-state index is 0.0185. The standard InChI is InChI=1S/C9H9F3N2.C8H7BrO2/c10-9(11,12)7-3-1-2-6(4-7)5-8(13)14;9-5-8(11)6-1-3-7(10)4-2-6/h1-4H,5H2,(H3,13,14);1-4,10H,5H2. The number of hydrogen-bond donors (Lipinski definition) is 3. The maximum absolute atomic E-state index is 12.2. The van der Waals surface area contributed by atoms with Gasteiger partial charge in [0, 0.05) is 12.0 Å². The summed E-state index contributed by atoms with van der Waals surface area (Å²) in [6.07, 6.45) is -4.29. The Labute approximate surface area is 151 Å². The van der Waals surface area contributed by atoms with Gasteiger partial charge >= 0.3 is 6.18 Å². The number of halogens is 4. The number of nitrogens with two attached hydrogens (primary N) is 1. The van der Waals surface area contributed by atoms with Gasteiger partial charge in [-0.05, 0) is 35.9 Å². The zero-order valence-electron chi connectivity index (χ0n) is 13.0. The van der Waals surface area contributed by atoms with E-state index >= 15 is 0 Å². The lowest BCUT2D eigenvalue weighted by Crippen LogP contribution is -2.13. The second kappa shape index (κ2) is 9.22. The van der Waals surface area contributed by atoms with Crippen LogP contribution in [0.5, 0.6) is 5.75 Å². The molecule has 0 spiro atoms. The average Bonchev–Trinajstić information content (AvgIpc) is 2.54. The molecule has 0 aromatic heterocycles. The van der Waals surface area contributed by atoms with E-state index in [0.717, 1.165) is 12.1 Å². The summed E-state index contributed by atoms with van der Waals surface area (Å²) in [6, 6.07) is 11.0. The normalized spacial score (nSPS) is 10.6. The summed E-state index contributed by atoms with van der Waals surface area (Å²) in [4.78, 5) is 11.0. The average molecular weight is 417 g/mol. The van der Waals surface area contributed by atoms with E-state index < -0.39 is 11.7 Å². The fraction of sp³-hybridized carbons (Fsp3) is 0.176. The largest absolute Gasteiger partial charge is 0.508 e. The molecule has 0 radical (unpaired) electrons. The van der Waals surface area contributed by atoms with E-state index in [2.05, 4.69) is 15.9 Å². The minimum Gasteiger partial charge on any atom is -0.508 e. The predicted octanol–water partition coefficient (Wildman–Crippen LogP) is 4.15. The Kier molecular flexibility index (Phi) is 7.63. The van der Waals surface area contributed by atoms with Gasteiger partial charge in [-0.25, -0.2) is 0 Å². The zero-order valence-corrected chi connectivity index (χ0v) is 14.6. The molecule has 0 bridgehead atoms. The SMILES string of the molecule is N=C(N)Cc1cccc(C(F)(F)F)c1.O=C(CBr)c1ccc(O)cc1. The molecule has 2 rings (SSSR count). The molecule has 4 nitrogen and oxygen atoms in total. The van der Waals surface area contributed by atoms with Crippen molar-refractivity contribution in [2.24, 2.45) is 5.73 Å². The number of hydrogen-bond acceptors (Lipinski definition) is 3. The summed E-state index contributed by atoms with van der Waals surface area (Å²) < 4.78 is 36.7. The van der Waals surface area contributed by atoms with Gasteiger partial charge < -0.3 is 10.8 Å². The molecule has 0 aliphatic rings. The topological polar surface area (TPSA) is 87.2 Å². The van der Waals surface area contributed by atoms with Gasteiger partial charge in [0.2, 0.25) is 0 Å². The monoisotopic (exact) mass is 416 g/mol. The number of aromatic hydroxyl groups is 1. The summed E-state index contributed by atoms with van der Waals surface area (Å²) in [7, 11) is 0. The van der Waals surface area contributed by atoms with Crippen LogP contribution in [-0.2, 0) is 12.6 Å². The first kappa shape index (κ1) is 20.7. The molecule has 0 saturated heterocycles. The van der Waals surface area contributed by atoms with Crippen molar-refractivity contribution in [2.75, 3.05) is 5.33 Å². The summed E-state index contributed by atoms with van der Waals surface area (Å²) in [5.41, 5.74) is 5.38. The maximum Gasteiger partial charge on any atom is 0.416 e. The number of carbonyl (C=O) groups excluding carboxylic acids is 1. The Morgan fingerprint density at radius 3 is 2.24 bits per heavy atom. The molecule has 25 heavy (non-hydrogen) atoms. The Hall–Kier alpha value is -2.35. The van der Waals surface area contributed by atoms with Crippen LogP contribution in [0.2, 0.25) is 0 Å². The molecule has 4 N–H and O–H groups in total. The number of carbonyl (C=O) groups is 1. The van der Waals surface area contributed by atoms with Crippen LogP contribution in [0.1, 0.15) is 21.5 Å². The van der Waals surface area contributed by atoms with Crippen LogP contribution in [0, 0.1) is 5.41 Å². The fourth-order valence-corrected chi connectivity index (χ4v) is 2.13. The van der Waals surface area contributed by atoms with Crippen LogP contribution in [0.4, 0.5) is 13.2 Å². The number of benzene rings is 2. The van der Waals surface area contributed by atoms with Crippen LogP contribution < -0.4 is 5.73 Å². The molecule has 0 aliphatic heterocycles. The lowest BCUT2D eigenvalue weighted by atomic mass is 10.1. The van der Waals surface area contributed by atoms with Crippen molar-refractivity contribution in [1.29, 1.82) is 5.41 Å². The molecule has 0 aliphatic carbocycles. The molecule has 0 saturated carbocycles. The number of phenols is 1. The molecular weight excluding hydrogens is 401 g/mol. The van der Waals surface area contributed by atoms with Crippen molar-refractivity contribution in [3.8, 4) is 5.75 Å². The van der Waals surface area contributed by atoms with Gasteiger partial charge in [0.15, 0.2) is 5.78 Å². The molecule has 0 unspecified atom stereocenters. The first-order valence-corrected chi connectivity index (χ1v) is 8.13. The number of phenolic OH excluding ortho intramolecular Hbond substituents is 1. The maximum atomic E-state index is 12.2. The van der Waals surface area contributed by atoms with Crippen molar-refractivity contribution in [2.45, 2.75) is 12.6 Å². The lowest BCUT2D eigenvalue weighted by molar-refractivity contribution is -0.137. The zero-order chi connectivity index (χ0) is 19.0. The Bertz CT molecular complexity index is 731. The van der Waals surface area contributed by atoms with Gasteiger partial charge in [-0.2, -0.15) is 13.2 Å². The smallest absolute Gasteiger partial charge is 0.416 e. The van der Waals surface area contributed by atoms with E-state index in [4.69, 9.17) is 16.2 Å². The number of nitrogens with one attached hydrogen (secondary N) is 1. The van der Waals surface area contributed by atoms with Crippen molar-refractivity contribution in [1.82, 2.24) is 0 Å². The van der Waals surface area contributed by atoms with Crippen LogP contribution in [0.25, 0.3) is 0 Å². The van der Waals surface area contributed by atoms with E-state index in [1.54, 1.807) is 12.1 Å². The van der Waals surface area contributed by atoms with Gasteiger partial charge in [-0.15, -0.1) is 0 Å². The van der Waals surface area contributed by atoms with Gasteiger partial charge in [0.25, 0.3) is 0 Å². The highest BCUT2D eigenvalue weighted by atomic mass is 79.9. The van der Waals surface area contributed by atoms with E-state index in [0.29, 0.717) is 16.5 Å². The summed E-state index contributed by atoms with van der Waals surface area (Å²) in [5.74, 6) is 0.0467. The number of ketones is 1. The molecule has 134 valence electrons. The highest BCUT2D eigenvalue weighted by Crippen LogP contribution is 2.29. The first-order chi connectivity index (χ1) is 11.6. The third kappa shape index (κ3) is 7.38. The summed E-state index contributed by atoms with van der Waals surface area (Å²) >= 11 is 3.06. The van der Waals surface area contributed by atoms with E-state index in [1.165, 1.54) is 24.3 Å². The lowest BCUT2D eigenvalue weighted by Gasteiger charge is -2.07. The minimum atomic E-state index is -4.34. The Balaban J connectivity index is 0.000000257. The summed E-state index contributed by atoms with van der Waals surface area (Å²) in [6.45, 7) is 0.